The molecule has 1 atom stereocenters. The molecule has 0 radical (unpaired) electrons. The van der Waals surface area contributed by atoms with Crippen LogP contribution in [-0.4, -0.2) is 48.0 Å². The van der Waals surface area contributed by atoms with E-state index in [1.165, 1.54) is 19.3 Å². The van der Waals surface area contributed by atoms with Crippen molar-refractivity contribution in [1.29, 1.82) is 0 Å². The van der Waals surface area contributed by atoms with Gasteiger partial charge in [0, 0.05) is 24.6 Å². The average molecular weight is 283 g/mol. The molecule has 0 fully saturated rings. The third kappa shape index (κ3) is 7.42. The lowest BCUT2D eigenvalue weighted by Gasteiger charge is -2.28. The molecule has 3 nitrogen and oxygen atoms in total. The van der Waals surface area contributed by atoms with Gasteiger partial charge < -0.3 is 15.3 Å². The van der Waals surface area contributed by atoms with Gasteiger partial charge in [-0.2, -0.15) is 0 Å². The highest BCUT2D eigenvalue weighted by Gasteiger charge is 2.32. The Morgan fingerprint density at radius 2 is 1.47 bits per heavy atom. The van der Waals surface area contributed by atoms with E-state index in [1.54, 1.807) is 0 Å². The second-order valence-corrected chi connectivity index (χ2v) is 9.91. The standard InChI is InChI=1S/C12H27ClO3Si/c1-12(6-4-2-3-5-7-13)8-17(9-14,10-15)11-16/h12,14-16H,2-11H2,1H3. The molecule has 0 spiro atoms. The van der Waals surface area contributed by atoms with Crippen molar-refractivity contribution in [2.75, 3.05) is 24.6 Å². The van der Waals surface area contributed by atoms with Gasteiger partial charge in [-0.3, -0.25) is 0 Å². The average Bonchev–Trinajstić information content (AvgIpc) is 2.36. The molecule has 0 aliphatic rings. The second kappa shape index (κ2) is 10.3. The summed E-state index contributed by atoms with van der Waals surface area (Å²) in [7, 11) is -2.21. The van der Waals surface area contributed by atoms with E-state index in [9.17, 15) is 15.3 Å². The van der Waals surface area contributed by atoms with Crippen LogP contribution < -0.4 is 0 Å². The predicted octanol–water partition coefficient (Wildman–Crippen LogP) is 1.86. The first-order valence-corrected chi connectivity index (χ1v) is 9.89. The molecule has 0 aromatic heterocycles. The Kier molecular flexibility index (Phi) is 10.6. The molecule has 0 saturated carbocycles. The highest BCUT2D eigenvalue weighted by atomic mass is 35.5. The Morgan fingerprint density at radius 3 is 1.94 bits per heavy atom. The smallest absolute Gasteiger partial charge is 0.140 e. The molecule has 0 aromatic rings. The van der Waals surface area contributed by atoms with Crippen molar-refractivity contribution in [1.82, 2.24) is 0 Å². The summed E-state index contributed by atoms with van der Waals surface area (Å²) in [5.74, 6) is 1.22. The Morgan fingerprint density at radius 1 is 0.941 bits per heavy atom. The first-order valence-electron chi connectivity index (χ1n) is 6.52. The SMILES string of the molecule is CC(CCCCCCCl)C[Si](CO)(CO)CO. The van der Waals surface area contributed by atoms with Crippen molar-refractivity contribution in [3.63, 3.8) is 0 Å². The van der Waals surface area contributed by atoms with Crippen LogP contribution in [0.4, 0.5) is 0 Å². The monoisotopic (exact) mass is 282 g/mol. The molecule has 104 valence electrons. The van der Waals surface area contributed by atoms with E-state index < -0.39 is 8.07 Å². The zero-order chi connectivity index (χ0) is 13.1. The van der Waals surface area contributed by atoms with E-state index >= 15 is 0 Å². The highest BCUT2D eigenvalue weighted by molar-refractivity contribution is 6.79. The maximum absolute atomic E-state index is 9.29. The summed E-state index contributed by atoms with van der Waals surface area (Å²) >= 11 is 5.61. The van der Waals surface area contributed by atoms with Crippen LogP contribution in [0.1, 0.15) is 39.0 Å². The Bertz CT molecular complexity index is 169. The third-order valence-corrected chi connectivity index (χ3v) is 7.21. The van der Waals surface area contributed by atoms with Crippen LogP contribution in [0.3, 0.4) is 0 Å². The fraction of sp³-hybridized carbons (Fsp3) is 1.00. The number of unbranched alkanes of at least 4 members (excludes halogenated alkanes) is 3. The Labute approximate surface area is 111 Å². The van der Waals surface area contributed by atoms with Crippen LogP contribution in [0.25, 0.3) is 0 Å². The lowest BCUT2D eigenvalue weighted by molar-refractivity contribution is 0.283. The molecule has 3 N–H and O–H groups in total. The summed E-state index contributed by atoms with van der Waals surface area (Å²) in [6.45, 7) is 2.14. The van der Waals surface area contributed by atoms with E-state index in [4.69, 9.17) is 11.6 Å². The number of hydrogen-bond donors (Lipinski definition) is 3. The minimum absolute atomic E-state index is 0.0173. The molecule has 1 unspecified atom stereocenters. The summed E-state index contributed by atoms with van der Waals surface area (Å²) in [6.07, 6.45) is 5.69. The zero-order valence-corrected chi connectivity index (χ0v) is 12.6. The van der Waals surface area contributed by atoms with Crippen LogP contribution in [0, 0.1) is 5.92 Å². The minimum atomic E-state index is -2.21. The highest BCUT2D eigenvalue weighted by Crippen LogP contribution is 2.21. The Hall–Kier alpha value is 0.387. The van der Waals surface area contributed by atoms with Gasteiger partial charge in [-0.15, -0.1) is 11.6 Å². The fourth-order valence-corrected chi connectivity index (χ4v) is 4.68. The van der Waals surface area contributed by atoms with E-state index in [-0.39, 0.29) is 18.7 Å². The summed E-state index contributed by atoms with van der Waals surface area (Å²) in [5.41, 5.74) is 0. The first-order chi connectivity index (χ1) is 8.14. The van der Waals surface area contributed by atoms with Gasteiger partial charge >= 0.3 is 0 Å². The normalized spacial score (nSPS) is 13.9. The fourth-order valence-electron chi connectivity index (χ4n) is 2.13. The van der Waals surface area contributed by atoms with Crippen molar-refractivity contribution < 1.29 is 15.3 Å². The predicted molar refractivity (Wildman–Crippen MR) is 74.8 cm³/mol. The number of halogens is 1. The molecule has 0 saturated heterocycles. The van der Waals surface area contributed by atoms with Crippen LogP contribution >= 0.6 is 11.6 Å². The van der Waals surface area contributed by atoms with Crippen LogP contribution in [0.5, 0.6) is 0 Å². The van der Waals surface area contributed by atoms with Crippen LogP contribution in [-0.2, 0) is 0 Å². The number of aliphatic hydroxyl groups excluding tert-OH is 3. The Balaban J connectivity index is 3.79. The van der Waals surface area contributed by atoms with Crippen molar-refractivity contribution in [2.24, 2.45) is 5.92 Å². The lowest BCUT2D eigenvalue weighted by atomic mass is 10.0. The van der Waals surface area contributed by atoms with E-state index in [1.807, 2.05) is 0 Å². The van der Waals surface area contributed by atoms with Gasteiger partial charge in [0.05, 0.1) is 0 Å². The summed E-state index contributed by atoms with van der Waals surface area (Å²) in [6, 6.07) is 0.812. The van der Waals surface area contributed by atoms with Gasteiger partial charge in [-0.05, 0) is 18.4 Å². The number of rotatable bonds is 11. The number of hydrogen-bond acceptors (Lipinski definition) is 3. The summed E-state index contributed by atoms with van der Waals surface area (Å²) < 4.78 is 0. The summed E-state index contributed by atoms with van der Waals surface area (Å²) in [5, 5.41) is 27.9. The maximum Gasteiger partial charge on any atom is 0.140 e. The van der Waals surface area contributed by atoms with Gasteiger partial charge in [0.15, 0.2) is 0 Å². The molecule has 0 aliphatic carbocycles. The van der Waals surface area contributed by atoms with E-state index in [0.29, 0.717) is 5.92 Å². The molecule has 0 amide bonds. The van der Waals surface area contributed by atoms with Crippen LogP contribution in [0.2, 0.25) is 6.04 Å². The summed E-state index contributed by atoms with van der Waals surface area (Å²) in [4.78, 5) is 0. The topological polar surface area (TPSA) is 60.7 Å². The largest absolute Gasteiger partial charge is 0.399 e. The van der Waals surface area contributed by atoms with Crippen molar-refractivity contribution >= 4 is 19.7 Å². The lowest BCUT2D eigenvalue weighted by Crippen LogP contribution is -2.49. The molecule has 0 heterocycles. The molecule has 0 aromatic carbocycles. The van der Waals surface area contributed by atoms with E-state index in [2.05, 4.69) is 6.92 Å². The van der Waals surface area contributed by atoms with Gasteiger partial charge in [0.2, 0.25) is 0 Å². The third-order valence-electron chi connectivity index (χ3n) is 3.37. The number of alkyl halides is 1. The van der Waals surface area contributed by atoms with Crippen molar-refractivity contribution in [3.8, 4) is 0 Å². The quantitative estimate of drug-likeness (QED) is 0.308. The minimum Gasteiger partial charge on any atom is -0.399 e. The van der Waals surface area contributed by atoms with Gasteiger partial charge in [-0.25, -0.2) is 0 Å². The molecule has 0 bridgehead atoms. The van der Waals surface area contributed by atoms with Crippen molar-refractivity contribution in [2.45, 2.75) is 45.1 Å². The molecule has 0 rings (SSSR count). The molecular formula is C12H27ClO3Si. The first kappa shape index (κ1) is 17.4. The van der Waals surface area contributed by atoms with Gasteiger partial charge in [0.25, 0.3) is 0 Å². The maximum atomic E-state index is 9.29. The van der Waals surface area contributed by atoms with Crippen LogP contribution in [0.15, 0.2) is 0 Å². The molecule has 17 heavy (non-hydrogen) atoms. The van der Waals surface area contributed by atoms with E-state index in [0.717, 1.165) is 24.8 Å². The van der Waals surface area contributed by atoms with Crippen molar-refractivity contribution in [3.05, 3.63) is 0 Å². The zero-order valence-electron chi connectivity index (χ0n) is 10.9. The van der Waals surface area contributed by atoms with Gasteiger partial charge in [-0.1, -0.05) is 32.6 Å². The molecule has 0 aliphatic heterocycles. The molecule has 5 heteroatoms. The second-order valence-electron chi connectivity index (χ2n) is 5.18. The molecular weight excluding hydrogens is 256 g/mol. The van der Waals surface area contributed by atoms with Gasteiger partial charge in [0.1, 0.15) is 8.07 Å². The number of aliphatic hydroxyl groups is 3.